The van der Waals surface area contributed by atoms with Gasteiger partial charge in [0.1, 0.15) is 4.90 Å². The van der Waals surface area contributed by atoms with Gasteiger partial charge in [-0.1, -0.05) is 41.4 Å². The van der Waals surface area contributed by atoms with Crippen LogP contribution in [0, 0.1) is 6.92 Å². The average molecular weight is 553 g/mol. The van der Waals surface area contributed by atoms with Crippen LogP contribution in [0.15, 0.2) is 84.3 Å². The largest absolute Gasteiger partial charge is 0.419 e. The molecule has 0 atom stereocenters. The van der Waals surface area contributed by atoms with E-state index < -0.39 is 10.0 Å². The van der Waals surface area contributed by atoms with E-state index in [9.17, 15) is 8.42 Å². The molecule has 0 unspecified atom stereocenters. The Balaban J connectivity index is 1.48. The number of ether oxygens (including phenoxy) is 1. The molecule has 4 aromatic rings. The van der Waals surface area contributed by atoms with Crippen molar-refractivity contribution in [1.82, 2.24) is 9.88 Å². The third-order valence-electron chi connectivity index (χ3n) is 6.04. The number of hydrogen-bond acceptors (Lipinski definition) is 8. The van der Waals surface area contributed by atoms with E-state index in [1.807, 2.05) is 60.4 Å². The van der Waals surface area contributed by atoms with E-state index in [0.29, 0.717) is 58.0 Å². The summed E-state index contributed by atoms with van der Waals surface area (Å²) < 4.78 is 42.0. The number of fused-ring (bicyclic) bond motifs is 2. The van der Waals surface area contributed by atoms with E-state index in [4.69, 9.17) is 25.7 Å². The maximum atomic E-state index is 13.2. The fourth-order valence-electron chi connectivity index (χ4n) is 4.09. The molecule has 6 rings (SSSR count). The van der Waals surface area contributed by atoms with E-state index in [0.717, 1.165) is 16.6 Å². The van der Waals surface area contributed by atoms with E-state index >= 15 is 0 Å². The highest BCUT2D eigenvalue weighted by Crippen LogP contribution is 2.41. The van der Waals surface area contributed by atoms with Gasteiger partial charge in [0.15, 0.2) is 5.17 Å². The van der Waals surface area contributed by atoms with Crippen LogP contribution in [-0.2, 0) is 14.8 Å². The second kappa shape index (κ2) is 9.60. The second-order valence-electron chi connectivity index (χ2n) is 8.62. The summed E-state index contributed by atoms with van der Waals surface area (Å²) in [5.41, 5.74) is 3.18. The van der Waals surface area contributed by atoms with Crippen molar-refractivity contribution in [3.63, 3.8) is 0 Å². The van der Waals surface area contributed by atoms with Crippen LogP contribution in [0.25, 0.3) is 22.4 Å². The molecule has 2 aliphatic heterocycles. The van der Waals surface area contributed by atoms with Crippen LogP contribution >= 0.6 is 23.4 Å². The third-order valence-corrected chi connectivity index (χ3v) is 8.99. The number of benzene rings is 3. The van der Waals surface area contributed by atoms with Gasteiger partial charge in [-0.05, 0) is 55.1 Å². The second-order valence-corrected chi connectivity index (χ2v) is 11.6. The number of halogens is 1. The highest BCUT2D eigenvalue weighted by atomic mass is 35.5. The monoisotopic (exact) mass is 552 g/mol. The molecule has 188 valence electrons. The lowest BCUT2D eigenvalue weighted by atomic mass is 10.2. The molecule has 0 saturated carbocycles. The quantitative estimate of drug-likeness (QED) is 0.338. The molecule has 0 aliphatic carbocycles. The molecule has 0 spiro atoms. The first-order chi connectivity index (χ1) is 17.9. The first-order valence-electron chi connectivity index (χ1n) is 11.6. The minimum absolute atomic E-state index is 0.0658. The molecule has 3 heterocycles. The van der Waals surface area contributed by atoms with Crippen molar-refractivity contribution in [2.45, 2.75) is 16.7 Å². The van der Waals surface area contributed by atoms with Crippen molar-refractivity contribution in [2.75, 3.05) is 26.3 Å². The smallest absolute Gasteiger partial charge is 0.285 e. The lowest BCUT2D eigenvalue weighted by molar-refractivity contribution is 0.0694. The first-order valence-corrected chi connectivity index (χ1v) is 14.2. The van der Waals surface area contributed by atoms with Gasteiger partial charge in [-0.15, -0.1) is 4.40 Å². The van der Waals surface area contributed by atoms with Gasteiger partial charge >= 0.3 is 0 Å². The van der Waals surface area contributed by atoms with Gasteiger partial charge in [-0.2, -0.15) is 8.42 Å². The van der Waals surface area contributed by atoms with Crippen molar-refractivity contribution in [1.29, 1.82) is 0 Å². The molecule has 1 aromatic heterocycles. The van der Waals surface area contributed by atoms with E-state index in [1.165, 1.54) is 17.8 Å². The van der Waals surface area contributed by atoms with E-state index in [1.54, 1.807) is 6.07 Å². The Bertz CT molecular complexity index is 1730. The van der Waals surface area contributed by atoms with Gasteiger partial charge in [-0.3, -0.25) is 0 Å². The number of nitrogens with zero attached hydrogens (tertiary/aromatic N) is 4. The standard InChI is InChI=1S/C26H21ClN4O4S2/c1-16-6-8-17(9-7-16)28-24-18-4-2-3-5-21(18)29-25(35-24)19-14-23-22(15-20(19)27)36-26(30-37(23,32)33)31-10-12-34-13-11-31/h2-9,14-15H,10-13H2,1H3. The third kappa shape index (κ3) is 4.77. The fraction of sp³-hybridized carbons (Fsp3) is 0.192. The molecule has 0 radical (unpaired) electrons. The summed E-state index contributed by atoms with van der Waals surface area (Å²) in [5.74, 6) is 0.167. The van der Waals surface area contributed by atoms with Gasteiger partial charge in [-0.25, -0.2) is 9.98 Å². The van der Waals surface area contributed by atoms with Gasteiger partial charge in [0.2, 0.25) is 11.4 Å². The first kappa shape index (κ1) is 24.2. The Morgan fingerprint density at radius 3 is 2.59 bits per heavy atom. The summed E-state index contributed by atoms with van der Waals surface area (Å²) in [6.07, 6.45) is 0. The summed E-state index contributed by atoms with van der Waals surface area (Å²) in [4.78, 5) is 11.8. The molecule has 37 heavy (non-hydrogen) atoms. The lowest BCUT2D eigenvalue weighted by Crippen LogP contribution is -2.40. The Morgan fingerprint density at radius 2 is 1.81 bits per heavy atom. The summed E-state index contributed by atoms with van der Waals surface area (Å²) in [5, 5.41) is 1.47. The number of hydrogen-bond donors (Lipinski definition) is 0. The Kier molecular flexibility index (Phi) is 6.28. The van der Waals surface area contributed by atoms with E-state index in [-0.39, 0.29) is 10.8 Å². The van der Waals surface area contributed by atoms with Crippen LogP contribution in [0.2, 0.25) is 5.02 Å². The van der Waals surface area contributed by atoms with Gasteiger partial charge in [0.05, 0.1) is 40.4 Å². The van der Waals surface area contributed by atoms with Gasteiger partial charge < -0.3 is 14.1 Å². The number of aromatic nitrogens is 1. The molecule has 3 aromatic carbocycles. The molecule has 1 fully saturated rings. The van der Waals surface area contributed by atoms with Crippen LogP contribution < -0.4 is 5.55 Å². The lowest BCUT2D eigenvalue weighted by Gasteiger charge is -2.30. The maximum absolute atomic E-state index is 13.2. The number of aryl methyl sites for hydroxylation is 1. The summed E-state index contributed by atoms with van der Waals surface area (Å²) >= 11 is 7.97. The van der Waals surface area contributed by atoms with Crippen molar-refractivity contribution < 1.29 is 17.6 Å². The topological polar surface area (TPSA) is 97.4 Å². The predicted molar refractivity (Wildman–Crippen MR) is 144 cm³/mol. The summed E-state index contributed by atoms with van der Waals surface area (Å²) in [6.45, 7) is 4.21. The molecule has 8 nitrogen and oxygen atoms in total. The van der Waals surface area contributed by atoms with Crippen molar-refractivity contribution in [3.05, 3.63) is 76.8 Å². The number of para-hydroxylation sites is 1. The van der Waals surface area contributed by atoms with E-state index in [2.05, 4.69) is 9.38 Å². The number of rotatable bonds is 2. The highest BCUT2D eigenvalue weighted by molar-refractivity contribution is 8.15. The zero-order valence-electron chi connectivity index (χ0n) is 19.7. The molecule has 0 bridgehead atoms. The van der Waals surface area contributed by atoms with Crippen molar-refractivity contribution >= 4 is 55.1 Å². The van der Waals surface area contributed by atoms with Crippen molar-refractivity contribution in [2.24, 2.45) is 9.39 Å². The fourth-order valence-corrected chi connectivity index (χ4v) is 7.13. The van der Waals surface area contributed by atoms with Crippen LogP contribution in [-0.4, -0.2) is 49.8 Å². The predicted octanol–water partition coefficient (Wildman–Crippen LogP) is 5.17. The highest BCUT2D eigenvalue weighted by Gasteiger charge is 2.31. The van der Waals surface area contributed by atoms with Crippen LogP contribution in [0.3, 0.4) is 0 Å². The Hall–Kier alpha value is -3.18. The molecule has 0 amide bonds. The Labute approximate surface area is 222 Å². The summed E-state index contributed by atoms with van der Waals surface area (Å²) in [7, 11) is -3.96. The average Bonchev–Trinajstić information content (AvgIpc) is 2.89. The number of morpholine rings is 1. The van der Waals surface area contributed by atoms with Crippen molar-refractivity contribution in [3.8, 4) is 11.5 Å². The molecule has 11 heteroatoms. The maximum Gasteiger partial charge on any atom is 0.285 e. The van der Waals surface area contributed by atoms with Gasteiger partial charge in [0, 0.05) is 18.0 Å². The minimum Gasteiger partial charge on any atom is -0.419 e. The number of sulfonamides is 1. The van der Waals surface area contributed by atoms with Crippen LogP contribution in [0.5, 0.6) is 0 Å². The van der Waals surface area contributed by atoms with Crippen LogP contribution in [0.4, 0.5) is 5.69 Å². The zero-order valence-corrected chi connectivity index (χ0v) is 22.1. The molecular weight excluding hydrogens is 532 g/mol. The molecule has 1 saturated heterocycles. The normalized spacial score (nSPS) is 17.5. The van der Waals surface area contributed by atoms with Gasteiger partial charge in [0.25, 0.3) is 10.0 Å². The summed E-state index contributed by atoms with van der Waals surface area (Å²) in [6, 6.07) is 18.3. The number of amidine groups is 1. The Morgan fingerprint density at radius 1 is 1.05 bits per heavy atom. The molecular formula is C26H21ClN4O4S2. The number of thioether (sulfide) groups is 1. The zero-order chi connectivity index (χ0) is 25.6. The minimum atomic E-state index is -3.96. The van der Waals surface area contributed by atoms with Crippen LogP contribution in [0.1, 0.15) is 5.56 Å². The molecule has 0 N–H and O–H groups in total. The SMILES string of the molecule is Cc1ccc(N=c2oc(-c3cc4c(cc3Cl)SC(N3CCOCC3)=NS4(=O)=O)nc3ccccc23)cc1. The molecule has 2 aliphatic rings.